The summed E-state index contributed by atoms with van der Waals surface area (Å²) in [4.78, 5) is 29.0. The SMILES string of the molecule is O=C(Nc1ccccc1N1CCCC1)C1CC(=O)N(Cc2cccc(C(F)(F)F)c2)C1. The van der Waals surface area contributed by atoms with Gasteiger partial charge in [-0.15, -0.1) is 0 Å². The van der Waals surface area contributed by atoms with Crippen LogP contribution in [0.3, 0.4) is 0 Å². The molecule has 0 saturated carbocycles. The van der Waals surface area contributed by atoms with Crippen molar-refractivity contribution in [2.75, 3.05) is 29.9 Å². The van der Waals surface area contributed by atoms with Crippen LogP contribution in [0.1, 0.15) is 30.4 Å². The fourth-order valence-electron chi connectivity index (χ4n) is 4.21. The molecule has 2 amide bonds. The highest BCUT2D eigenvalue weighted by atomic mass is 19.4. The number of carbonyl (C=O) groups is 2. The predicted molar refractivity (Wildman–Crippen MR) is 111 cm³/mol. The number of halogens is 3. The maximum Gasteiger partial charge on any atom is 0.416 e. The van der Waals surface area contributed by atoms with Crippen LogP contribution in [0.5, 0.6) is 0 Å². The van der Waals surface area contributed by atoms with E-state index in [2.05, 4.69) is 10.2 Å². The van der Waals surface area contributed by atoms with E-state index >= 15 is 0 Å². The van der Waals surface area contributed by atoms with Crippen molar-refractivity contribution >= 4 is 23.2 Å². The summed E-state index contributed by atoms with van der Waals surface area (Å²) in [6.45, 7) is 2.13. The molecule has 2 aliphatic heterocycles. The van der Waals surface area contributed by atoms with Crippen LogP contribution in [0.15, 0.2) is 48.5 Å². The summed E-state index contributed by atoms with van der Waals surface area (Å²) >= 11 is 0. The Morgan fingerprint density at radius 2 is 1.81 bits per heavy atom. The van der Waals surface area contributed by atoms with Crippen LogP contribution in [0.4, 0.5) is 24.5 Å². The number of alkyl halides is 3. The molecule has 2 heterocycles. The number of benzene rings is 2. The van der Waals surface area contributed by atoms with E-state index in [1.165, 1.54) is 11.0 Å². The number of nitrogens with one attached hydrogen (secondary N) is 1. The van der Waals surface area contributed by atoms with Crippen molar-refractivity contribution in [1.82, 2.24) is 4.90 Å². The van der Waals surface area contributed by atoms with E-state index in [4.69, 9.17) is 0 Å². The van der Waals surface area contributed by atoms with Crippen LogP contribution in [-0.4, -0.2) is 36.3 Å². The molecule has 4 rings (SSSR count). The van der Waals surface area contributed by atoms with Crippen LogP contribution < -0.4 is 10.2 Å². The van der Waals surface area contributed by atoms with E-state index in [0.717, 1.165) is 49.4 Å². The van der Waals surface area contributed by atoms with E-state index in [-0.39, 0.29) is 31.3 Å². The van der Waals surface area contributed by atoms with Crippen molar-refractivity contribution in [3.63, 3.8) is 0 Å². The van der Waals surface area contributed by atoms with Crippen molar-refractivity contribution in [2.24, 2.45) is 5.92 Å². The Kier molecular flexibility index (Phi) is 5.89. The van der Waals surface area contributed by atoms with Gasteiger partial charge in [0.05, 0.1) is 22.9 Å². The molecule has 0 aliphatic carbocycles. The molecular weight excluding hydrogens is 407 g/mol. The predicted octanol–water partition coefficient (Wildman–Crippen LogP) is 4.29. The van der Waals surface area contributed by atoms with Crippen molar-refractivity contribution in [1.29, 1.82) is 0 Å². The molecule has 1 unspecified atom stereocenters. The molecule has 1 N–H and O–H groups in total. The van der Waals surface area contributed by atoms with Gasteiger partial charge in [0.1, 0.15) is 0 Å². The number of anilines is 2. The van der Waals surface area contributed by atoms with Crippen LogP contribution in [-0.2, 0) is 22.3 Å². The van der Waals surface area contributed by atoms with Crippen molar-refractivity contribution in [3.8, 4) is 0 Å². The van der Waals surface area contributed by atoms with Gasteiger partial charge in [-0.05, 0) is 42.7 Å². The van der Waals surface area contributed by atoms with E-state index in [0.29, 0.717) is 5.56 Å². The van der Waals surface area contributed by atoms with Crippen molar-refractivity contribution in [3.05, 3.63) is 59.7 Å². The number of likely N-dealkylation sites (tertiary alicyclic amines) is 1. The summed E-state index contributed by atoms with van der Waals surface area (Å²) in [5.41, 5.74) is 1.34. The molecular formula is C23H24F3N3O2. The zero-order chi connectivity index (χ0) is 22.0. The first-order valence-electron chi connectivity index (χ1n) is 10.4. The van der Waals surface area contributed by atoms with Gasteiger partial charge in [0.2, 0.25) is 11.8 Å². The number of rotatable bonds is 5. The molecule has 0 radical (unpaired) electrons. The van der Waals surface area contributed by atoms with E-state index in [1.807, 2.05) is 24.3 Å². The molecule has 2 aliphatic rings. The first kappa shape index (κ1) is 21.2. The normalized spacial score (nSPS) is 19.2. The lowest BCUT2D eigenvalue weighted by molar-refractivity contribution is -0.137. The largest absolute Gasteiger partial charge is 0.416 e. The smallest absolute Gasteiger partial charge is 0.370 e. The Labute approximate surface area is 178 Å². The summed E-state index contributed by atoms with van der Waals surface area (Å²) < 4.78 is 38.8. The standard InChI is InChI=1S/C23H24F3N3O2/c24-23(25,26)18-7-5-6-16(12-18)14-29-15-17(13-21(29)30)22(31)27-19-8-1-2-9-20(19)28-10-3-4-11-28/h1-2,5-9,12,17H,3-4,10-11,13-15H2,(H,27,31). The Hall–Kier alpha value is -3.03. The Morgan fingerprint density at radius 1 is 1.06 bits per heavy atom. The van der Waals surface area contributed by atoms with Gasteiger partial charge < -0.3 is 15.1 Å². The second kappa shape index (κ2) is 8.61. The van der Waals surface area contributed by atoms with Crippen LogP contribution in [0.2, 0.25) is 0 Å². The first-order chi connectivity index (χ1) is 14.8. The van der Waals surface area contributed by atoms with Gasteiger partial charge in [-0.25, -0.2) is 0 Å². The summed E-state index contributed by atoms with van der Waals surface area (Å²) in [6, 6.07) is 12.5. The van der Waals surface area contributed by atoms with Gasteiger partial charge >= 0.3 is 6.18 Å². The number of carbonyl (C=O) groups excluding carboxylic acids is 2. The lowest BCUT2D eigenvalue weighted by Gasteiger charge is -2.22. The maximum absolute atomic E-state index is 12.9. The van der Waals surface area contributed by atoms with Crippen molar-refractivity contribution < 1.29 is 22.8 Å². The monoisotopic (exact) mass is 431 g/mol. The number of nitrogens with zero attached hydrogens (tertiary/aromatic N) is 2. The molecule has 5 nitrogen and oxygen atoms in total. The molecule has 2 aromatic rings. The molecule has 0 aromatic heterocycles. The second-order valence-corrected chi connectivity index (χ2v) is 8.07. The van der Waals surface area contributed by atoms with E-state index in [9.17, 15) is 22.8 Å². The third kappa shape index (κ3) is 4.84. The minimum absolute atomic E-state index is 0.0523. The number of hydrogen-bond donors (Lipinski definition) is 1. The molecule has 164 valence electrons. The highest BCUT2D eigenvalue weighted by molar-refractivity contribution is 5.99. The summed E-state index contributed by atoms with van der Waals surface area (Å²) in [7, 11) is 0. The fourth-order valence-corrected chi connectivity index (χ4v) is 4.21. The molecule has 2 saturated heterocycles. The van der Waals surface area contributed by atoms with E-state index in [1.54, 1.807) is 6.07 Å². The van der Waals surface area contributed by atoms with Gasteiger partial charge in [-0.2, -0.15) is 13.2 Å². The Balaban J connectivity index is 1.41. The maximum atomic E-state index is 12.9. The topological polar surface area (TPSA) is 52.7 Å². The summed E-state index contributed by atoms with van der Waals surface area (Å²) in [5, 5.41) is 2.96. The Bertz CT molecular complexity index is 971. The highest BCUT2D eigenvalue weighted by Gasteiger charge is 2.35. The van der Waals surface area contributed by atoms with Crippen LogP contribution in [0, 0.1) is 5.92 Å². The van der Waals surface area contributed by atoms with Gasteiger partial charge in [0.25, 0.3) is 0 Å². The zero-order valence-corrected chi connectivity index (χ0v) is 17.0. The first-order valence-corrected chi connectivity index (χ1v) is 10.4. The molecule has 31 heavy (non-hydrogen) atoms. The average Bonchev–Trinajstić information content (AvgIpc) is 3.39. The lowest BCUT2D eigenvalue weighted by Crippen LogP contribution is -2.29. The zero-order valence-electron chi connectivity index (χ0n) is 17.0. The van der Waals surface area contributed by atoms with Crippen molar-refractivity contribution in [2.45, 2.75) is 32.0 Å². The second-order valence-electron chi connectivity index (χ2n) is 8.07. The molecule has 2 aromatic carbocycles. The number of hydrogen-bond acceptors (Lipinski definition) is 3. The molecule has 2 fully saturated rings. The highest BCUT2D eigenvalue weighted by Crippen LogP contribution is 2.32. The molecule has 1 atom stereocenters. The summed E-state index contributed by atoms with van der Waals surface area (Å²) in [5.74, 6) is -1.01. The average molecular weight is 431 g/mol. The third-order valence-electron chi connectivity index (χ3n) is 5.82. The minimum atomic E-state index is -4.43. The van der Waals surface area contributed by atoms with Gasteiger partial charge in [0.15, 0.2) is 0 Å². The van der Waals surface area contributed by atoms with Crippen LogP contribution >= 0.6 is 0 Å². The number of amides is 2. The molecule has 0 spiro atoms. The van der Waals surface area contributed by atoms with Crippen LogP contribution in [0.25, 0.3) is 0 Å². The van der Waals surface area contributed by atoms with Gasteiger partial charge in [0, 0.05) is 32.6 Å². The molecule has 8 heteroatoms. The summed E-state index contributed by atoms with van der Waals surface area (Å²) in [6.07, 6.45) is -2.15. The number of para-hydroxylation sites is 2. The minimum Gasteiger partial charge on any atom is -0.370 e. The third-order valence-corrected chi connectivity index (χ3v) is 5.82. The lowest BCUT2D eigenvalue weighted by atomic mass is 10.1. The quantitative estimate of drug-likeness (QED) is 0.768. The Morgan fingerprint density at radius 3 is 2.55 bits per heavy atom. The van der Waals surface area contributed by atoms with Gasteiger partial charge in [-0.1, -0.05) is 24.3 Å². The molecule has 0 bridgehead atoms. The van der Waals surface area contributed by atoms with E-state index < -0.39 is 17.7 Å². The van der Waals surface area contributed by atoms with Gasteiger partial charge in [-0.3, -0.25) is 9.59 Å². The fraction of sp³-hybridized carbons (Fsp3) is 0.391.